The quantitative estimate of drug-likeness (QED) is 0.186. The maximum atomic E-state index is 6.38. The Morgan fingerprint density at radius 3 is 1.81 bits per heavy atom. The first-order valence-electron chi connectivity index (χ1n) is 18.2. The second kappa shape index (κ2) is 11.1. The molecule has 0 fully saturated rings. The first kappa shape index (κ1) is 29.9. The van der Waals surface area contributed by atoms with E-state index in [4.69, 9.17) is 14.4 Å². The second-order valence-electron chi connectivity index (χ2n) is 14.6. The van der Waals surface area contributed by atoms with E-state index in [0.29, 0.717) is 5.82 Å². The van der Waals surface area contributed by atoms with E-state index in [9.17, 15) is 0 Å². The van der Waals surface area contributed by atoms with Crippen LogP contribution in [-0.4, -0.2) is 14.5 Å². The van der Waals surface area contributed by atoms with Gasteiger partial charge in [-0.2, -0.15) is 0 Å². The van der Waals surface area contributed by atoms with Gasteiger partial charge in [0.2, 0.25) is 0 Å². The SMILES string of the molecule is CC1(C)c2cc3oc4ccccc4c3cc2-c2cc3c4cc(-c5cc(-c6ccccc6)nc(-c6ccccc6)n5)ccc4n(-c4ccccc4)c3cc21. The molecule has 0 radical (unpaired) electrons. The van der Waals surface area contributed by atoms with E-state index < -0.39 is 0 Å². The third-order valence-corrected chi connectivity index (χ3v) is 11.2. The van der Waals surface area contributed by atoms with Crippen molar-refractivity contribution < 1.29 is 4.42 Å². The Bertz CT molecular complexity index is 3010. The molecule has 3 aromatic heterocycles. The molecule has 0 bridgehead atoms. The number of nitrogens with zero attached hydrogens (tertiary/aromatic N) is 3. The van der Waals surface area contributed by atoms with E-state index in [-0.39, 0.29) is 5.41 Å². The standard InChI is InChI=1S/C49H33N3O/c1-49(2)40-27-45-38(25-35(40)36-26-39-34-20-12-13-21-46(34)53-47(39)28-41(36)49)37-24-32(22-23-44(37)52(45)33-18-10-5-11-19-33)43-29-42(30-14-6-3-7-15-30)50-48(51-43)31-16-8-4-9-17-31/h3-29H,1-2H3. The van der Waals surface area contributed by atoms with Gasteiger partial charge in [-0.3, -0.25) is 0 Å². The van der Waals surface area contributed by atoms with Crippen LogP contribution in [0.1, 0.15) is 25.0 Å². The van der Waals surface area contributed by atoms with Crippen LogP contribution in [0.2, 0.25) is 0 Å². The number of hydrogen-bond donors (Lipinski definition) is 0. The lowest BCUT2D eigenvalue weighted by molar-refractivity contribution is 0.647. The van der Waals surface area contributed by atoms with Crippen LogP contribution in [0.3, 0.4) is 0 Å². The monoisotopic (exact) mass is 679 g/mol. The fraction of sp³-hybridized carbons (Fsp3) is 0.0612. The van der Waals surface area contributed by atoms with Crippen LogP contribution >= 0.6 is 0 Å². The number of rotatable bonds is 4. The van der Waals surface area contributed by atoms with Gasteiger partial charge in [-0.1, -0.05) is 117 Å². The lowest BCUT2D eigenvalue weighted by atomic mass is 9.82. The lowest BCUT2D eigenvalue weighted by Crippen LogP contribution is -2.15. The molecule has 0 atom stereocenters. The third-order valence-electron chi connectivity index (χ3n) is 11.2. The van der Waals surface area contributed by atoms with Gasteiger partial charge < -0.3 is 8.98 Å². The summed E-state index contributed by atoms with van der Waals surface area (Å²) in [7, 11) is 0. The summed E-state index contributed by atoms with van der Waals surface area (Å²) in [6.07, 6.45) is 0. The minimum atomic E-state index is -0.211. The van der Waals surface area contributed by atoms with Gasteiger partial charge >= 0.3 is 0 Å². The normalized spacial score (nSPS) is 13.2. The number of hydrogen-bond acceptors (Lipinski definition) is 3. The summed E-state index contributed by atoms with van der Waals surface area (Å²) in [5.74, 6) is 0.712. The average Bonchev–Trinajstić information content (AvgIpc) is 3.81. The minimum absolute atomic E-state index is 0.211. The van der Waals surface area contributed by atoms with Crippen molar-refractivity contribution in [1.82, 2.24) is 14.5 Å². The van der Waals surface area contributed by atoms with Gasteiger partial charge in [-0.15, -0.1) is 0 Å². The van der Waals surface area contributed by atoms with E-state index in [1.807, 2.05) is 30.3 Å². The smallest absolute Gasteiger partial charge is 0.160 e. The number of fused-ring (bicyclic) bond motifs is 9. The molecule has 0 N–H and O–H groups in total. The van der Waals surface area contributed by atoms with Gasteiger partial charge in [0.05, 0.1) is 22.4 Å². The molecule has 10 aromatic rings. The van der Waals surface area contributed by atoms with Gasteiger partial charge in [0.15, 0.2) is 5.82 Å². The van der Waals surface area contributed by atoms with E-state index in [2.05, 4.69) is 152 Å². The molecule has 0 spiro atoms. The summed E-state index contributed by atoms with van der Waals surface area (Å²) < 4.78 is 8.80. The first-order chi connectivity index (χ1) is 26.0. The Hall–Kier alpha value is -6.78. The molecular weight excluding hydrogens is 647 g/mol. The largest absolute Gasteiger partial charge is 0.456 e. The zero-order valence-corrected chi connectivity index (χ0v) is 29.3. The summed E-state index contributed by atoms with van der Waals surface area (Å²) in [5.41, 5.74) is 15.2. The predicted molar refractivity (Wildman–Crippen MR) is 218 cm³/mol. The molecule has 7 aromatic carbocycles. The summed E-state index contributed by atoms with van der Waals surface area (Å²) in [6, 6.07) is 58.1. The highest BCUT2D eigenvalue weighted by Gasteiger charge is 2.37. The van der Waals surface area contributed by atoms with Crippen LogP contribution in [-0.2, 0) is 5.41 Å². The van der Waals surface area contributed by atoms with Gasteiger partial charge in [0.25, 0.3) is 0 Å². The van der Waals surface area contributed by atoms with Crippen molar-refractivity contribution in [3.05, 3.63) is 175 Å². The molecule has 3 heterocycles. The predicted octanol–water partition coefficient (Wildman–Crippen LogP) is 12.8. The van der Waals surface area contributed by atoms with Gasteiger partial charge in [0.1, 0.15) is 11.2 Å². The van der Waals surface area contributed by atoms with Crippen LogP contribution in [0.5, 0.6) is 0 Å². The highest BCUT2D eigenvalue weighted by molar-refractivity contribution is 6.14. The molecule has 0 unspecified atom stereocenters. The number of aromatic nitrogens is 3. The Morgan fingerprint density at radius 2 is 1.06 bits per heavy atom. The minimum Gasteiger partial charge on any atom is -0.456 e. The molecule has 11 rings (SSSR count). The molecule has 1 aliphatic carbocycles. The number of para-hydroxylation sites is 2. The molecule has 4 nitrogen and oxygen atoms in total. The molecular formula is C49H33N3O. The van der Waals surface area contributed by atoms with E-state index >= 15 is 0 Å². The summed E-state index contributed by atoms with van der Waals surface area (Å²) >= 11 is 0. The number of furan rings is 1. The third kappa shape index (κ3) is 4.49. The molecule has 0 saturated carbocycles. The fourth-order valence-electron chi connectivity index (χ4n) is 8.54. The average molecular weight is 680 g/mol. The highest BCUT2D eigenvalue weighted by Crippen LogP contribution is 2.53. The molecule has 250 valence electrons. The van der Waals surface area contributed by atoms with Gasteiger partial charge in [-0.05, 0) is 82.9 Å². The van der Waals surface area contributed by atoms with Crippen LogP contribution < -0.4 is 0 Å². The maximum Gasteiger partial charge on any atom is 0.160 e. The van der Waals surface area contributed by atoms with Crippen LogP contribution in [0, 0.1) is 0 Å². The van der Waals surface area contributed by atoms with Crippen LogP contribution in [0.15, 0.2) is 168 Å². The second-order valence-corrected chi connectivity index (χ2v) is 14.6. The van der Waals surface area contributed by atoms with Crippen LogP contribution in [0.4, 0.5) is 0 Å². The topological polar surface area (TPSA) is 43.9 Å². The molecule has 1 aliphatic rings. The lowest BCUT2D eigenvalue weighted by Gasteiger charge is -2.21. The summed E-state index contributed by atoms with van der Waals surface area (Å²) in [5, 5.41) is 4.71. The molecule has 53 heavy (non-hydrogen) atoms. The van der Waals surface area contributed by atoms with Crippen molar-refractivity contribution in [2.45, 2.75) is 19.3 Å². The van der Waals surface area contributed by atoms with Crippen molar-refractivity contribution in [2.24, 2.45) is 0 Å². The Kier molecular flexibility index (Phi) is 6.27. The Labute approximate surface area is 306 Å². The maximum absolute atomic E-state index is 6.38. The molecule has 0 saturated heterocycles. The summed E-state index contributed by atoms with van der Waals surface area (Å²) in [4.78, 5) is 10.2. The first-order valence-corrected chi connectivity index (χ1v) is 18.2. The van der Waals surface area contributed by atoms with Crippen molar-refractivity contribution in [3.8, 4) is 50.7 Å². The fourth-order valence-corrected chi connectivity index (χ4v) is 8.54. The zero-order chi connectivity index (χ0) is 35.3. The van der Waals surface area contributed by atoms with E-state index in [1.165, 1.54) is 38.5 Å². The van der Waals surface area contributed by atoms with Crippen molar-refractivity contribution in [3.63, 3.8) is 0 Å². The summed E-state index contributed by atoms with van der Waals surface area (Å²) in [6.45, 7) is 4.69. The van der Waals surface area contributed by atoms with E-state index in [0.717, 1.165) is 61.2 Å². The van der Waals surface area contributed by atoms with Gasteiger partial charge in [0, 0.05) is 49.3 Å². The van der Waals surface area contributed by atoms with Crippen molar-refractivity contribution in [2.75, 3.05) is 0 Å². The Balaban J connectivity index is 1.18. The van der Waals surface area contributed by atoms with E-state index in [1.54, 1.807) is 0 Å². The molecule has 0 aliphatic heterocycles. The Morgan fingerprint density at radius 1 is 0.453 bits per heavy atom. The molecule has 4 heteroatoms. The van der Waals surface area contributed by atoms with Crippen LogP contribution in [0.25, 0.3) is 94.5 Å². The van der Waals surface area contributed by atoms with Crippen molar-refractivity contribution >= 4 is 43.7 Å². The zero-order valence-electron chi connectivity index (χ0n) is 29.3. The number of benzene rings is 7. The highest BCUT2D eigenvalue weighted by atomic mass is 16.3. The van der Waals surface area contributed by atoms with Crippen molar-refractivity contribution in [1.29, 1.82) is 0 Å². The van der Waals surface area contributed by atoms with Gasteiger partial charge in [-0.25, -0.2) is 9.97 Å². The molecule has 0 amide bonds.